The van der Waals surface area contributed by atoms with Crippen LogP contribution in [0, 0.1) is 0 Å². The molecule has 1 aromatic rings. The lowest BCUT2D eigenvalue weighted by Gasteiger charge is -2.09. The maximum Gasteiger partial charge on any atom is 0.297 e. The molecule has 0 aliphatic rings. The van der Waals surface area contributed by atoms with Crippen molar-refractivity contribution in [3.05, 3.63) is 30.3 Å². The molecule has 0 spiro atoms. The van der Waals surface area contributed by atoms with Gasteiger partial charge in [0.2, 0.25) is 0 Å². The van der Waals surface area contributed by atoms with Crippen molar-refractivity contribution in [2.75, 3.05) is 165 Å². The summed E-state index contributed by atoms with van der Waals surface area (Å²) in [4.78, 5) is 0.120. The monoisotopic (exact) mass is 756 g/mol. The average Bonchev–Trinajstić information content (AvgIpc) is 3.14. The molecule has 0 saturated heterocycles. The van der Waals surface area contributed by atoms with Crippen molar-refractivity contribution in [3.8, 4) is 0 Å². The van der Waals surface area contributed by atoms with Crippen molar-refractivity contribution in [2.24, 2.45) is 0 Å². The minimum atomic E-state index is -3.76. The molecule has 0 radical (unpaired) electrons. The van der Waals surface area contributed by atoms with Crippen LogP contribution in [-0.4, -0.2) is 174 Å². The molecule has 0 heterocycles. The first kappa shape index (κ1) is 47.7. The molecule has 0 saturated carbocycles. The Bertz CT molecular complexity index is 927. The van der Waals surface area contributed by atoms with Crippen molar-refractivity contribution in [2.45, 2.75) is 31.1 Å². The Morgan fingerprint density at radius 3 is 0.882 bits per heavy atom. The van der Waals surface area contributed by atoms with E-state index in [1.165, 1.54) is 25.0 Å². The van der Waals surface area contributed by atoms with Crippen molar-refractivity contribution in [1.82, 2.24) is 0 Å². The van der Waals surface area contributed by atoms with Crippen LogP contribution in [0.2, 0.25) is 0 Å². The predicted molar refractivity (Wildman–Crippen MR) is 189 cm³/mol. The zero-order valence-corrected chi connectivity index (χ0v) is 31.5. The van der Waals surface area contributed by atoms with Gasteiger partial charge in [0.1, 0.15) is 0 Å². The molecule has 0 aliphatic heterocycles. The standard InChI is InChI=1S/C35H64O15S/c1-2-3-7-10-38-11-12-39-13-14-40-15-16-41-17-18-42-19-20-43-21-22-44-23-24-45-25-26-46-27-28-47-29-30-48-31-32-49-33-34-50-51(36,37)35-8-5-4-6-9-35/h4-6,8-9H,2-3,7,10-34H2,1H3. The summed E-state index contributed by atoms with van der Waals surface area (Å²) in [5.41, 5.74) is 0. The molecule has 1 rings (SSSR count). The highest BCUT2D eigenvalue weighted by molar-refractivity contribution is 7.86. The van der Waals surface area contributed by atoms with Crippen LogP contribution in [0.3, 0.4) is 0 Å². The van der Waals surface area contributed by atoms with Gasteiger partial charge in [0.15, 0.2) is 0 Å². The van der Waals surface area contributed by atoms with Crippen LogP contribution in [0.25, 0.3) is 0 Å². The first-order valence-corrected chi connectivity index (χ1v) is 19.4. The minimum absolute atomic E-state index is 0.0592. The molecule has 0 bridgehead atoms. The molecule has 0 atom stereocenters. The summed E-state index contributed by atoms with van der Waals surface area (Å²) < 4.78 is 94.3. The normalized spacial score (nSPS) is 11.9. The van der Waals surface area contributed by atoms with Gasteiger partial charge in [0.05, 0.1) is 163 Å². The van der Waals surface area contributed by atoms with Gasteiger partial charge in [-0.3, -0.25) is 4.18 Å². The van der Waals surface area contributed by atoms with Crippen LogP contribution in [0.1, 0.15) is 26.2 Å². The van der Waals surface area contributed by atoms with E-state index < -0.39 is 10.1 Å². The van der Waals surface area contributed by atoms with Crippen LogP contribution < -0.4 is 0 Å². The fourth-order valence-electron chi connectivity index (χ4n) is 3.83. The Labute approximate surface area is 305 Å². The van der Waals surface area contributed by atoms with E-state index in [0.717, 1.165) is 13.0 Å². The molecule has 0 amide bonds. The average molecular weight is 757 g/mol. The molecule has 0 fully saturated rings. The molecule has 15 nitrogen and oxygen atoms in total. The molecular formula is C35H64O15S. The number of hydrogen-bond acceptors (Lipinski definition) is 15. The highest BCUT2D eigenvalue weighted by Crippen LogP contribution is 2.10. The third-order valence-electron chi connectivity index (χ3n) is 6.48. The van der Waals surface area contributed by atoms with E-state index in [9.17, 15) is 8.42 Å². The predicted octanol–water partition coefficient (Wildman–Crippen LogP) is 2.78. The fourth-order valence-corrected chi connectivity index (χ4v) is 4.75. The van der Waals surface area contributed by atoms with Crippen molar-refractivity contribution < 1.29 is 69.4 Å². The summed E-state index contributed by atoms with van der Waals surface area (Å²) in [6.07, 6.45) is 3.52. The van der Waals surface area contributed by atoms with Gasteiger partial charge in [0, 0.05) is 6.61 Å². The van der Waals surface area contributed by atoms with E-state index in [1.807, 2.05) is 0 Å². The summed E-state index contributed by atoms with van der Waals surface area (Å²) in [6, 6.07) is 7.98. The van der Waals surface area contributed by atoms with Crippen molar-refractivity contribution >= 4 is 10.1 Å². The lowest BCUT2D eigenvalue weighted by atomic mass is 10.3. The Kier molecular flexibility index (Phi) is 35.9. The molecule has 16 heteroatoms. The molecule has 51 heavy (non-hydrogen) atoms. The summed E-state index contributed by atoms with van der Waals surface area (Å²) >= 11 is 0. The maximum absolute atomic E-state index is 12.0. The van der Waals surface area contributed by atoms with E-state index in [1.54, 1.807) is 18.2 Å². The van der Waals surface area contributed by atoms with Crippen molar-refractivity contribution in [3.63, 3.8) is 0 Å². The topological polar surface area (TPSA) is 154 Å². The zero-order chi connectivity index (χ0) is 36.6. The van der Waals surface area contributed by atoms with Crippen LogP contribution in [-0.2, 0) is 71.1 Å². The van der Waals surface area contributed by atoms with Crippen LogP contribution in [0.4, 0.5) is 0 Å². The fraction of sp³-hybridized carbons (Fsp3) is 0.829. The third-order valence-corrected chi connectivity index (χ3v) is 7.81. The van der Waals surface area contributed by atoms with E-state index in [-0.39, 0.29) is 18.1 Å². The largest absolute Gasteiger partial charge is 0.379 e. The van der Waals surface area contributed by atoms with Crippen LogP contribution >= 0.6 is 0 Å². The van der Waals surface area contributed by atoms with Gasteiger partial charge in [-0.25, -0.2) is 0 Å². The SMILES string of the molecule is CCCCCOCCOCCOCCOCCOCCOCCOCCOCCOCCOCCOCCOCCOS(=O)(=O)c1ccccc1. The second kappa shape index (κ2) is 38.4. The van der Waals surface area contributed by atoms with E-state index in [4.69, 9.17) is 61.0 Å². The van der Waals surface area contributed by atoms with Gasteiger partial charge in [0.25, 0.3) is 10.1 Å². The van der Waals surface area contributed by atoms with E-state index in [0.29, 0.717) is 145 Å². The van der Waals surface area contributed by atoms with Crippen molar-refractivity contribution in [1.29, 1.82) is 0 Å². The number of benzene rings is 1. The van der Waals surface area contributed by atoms with E-state index >= 15 is 0 Å². The molecule has 0 N–H and O–H groups in total. The number of ether oxygens (including phenoxy) is 12. The summed E-state index contributed by atoms with van der Waals surface area (Å²) in [5, 5.41) is 0. The molecule has 0 aliphatic carbocycles. The lowest BCUT2D eigenvalue weighted by Crippen LogP contribution is -2.16. The van der Waals surface area contributed by atoms with Gasteiger partial charge in [-0.2, -0.15) is 8.42 Å². The number of rotatable bonds is 42. The second-order valence-electron chi connectivity index (χ2n) is 10.6. The van der Waals surface area contributed by atoms with Crippen LogP contribution in [0.15, 0.2) is 35.2 Å². The smallest absolute Gasteiger partial charge is 0.297 e. The Balaban J connectivity index is 1.64. The van der Waals surface area contributed by atoms with Gasteiger partial charge in [-0.15, -0.1) is 0 Å². The van der Waals surface area contributed by atoms with E-state index in [2.05, 4.69) is 6.92 Å². The third kappa shape index (κ3) is 34.2. The highest BCUT2D eigenvalue weighted by atomic mass is 32.2. The van der Waals surface area contributed by atoms with Gasteiger partial charge in [-0.05, 0) is 18.6 Å². The Morgan fingerprint density at radius 1 is 0.353 bits per heavy atom. The molecule has 300 valence electrons. The molecular weight excluding hydrogens is 692 g/mol. The quantitative estimate of drug-likeness (QED) is 0.0709. The molecule has 0 aromatic heterocycles. The first-order chi connectivity index (χ1) is 25.2. The zero-order valence-electron chi connectivity index (χ0n) is 30.7. The number of hydrogen-bond donors (Lipinski definition) is 0. The summed E-state index contributed by atoms with van der Waals surface area (Å²) in [6.45, 7) is 13.9. The Morgan fingerprint density at radius 2 is 0.608 bits per heavy atom. The Hall–Kier alpha value is -1.35. The van der Waals surface area contributed by atoms with Crippen LogP contribution in [0.5, 0.6) is 0 Å². The maximum atomic E-state index is 12.0. The molecule has 0 unspecified atom stereocenters. The van der Waals surface area contributed by atoms with Gasteiger partial charge >= 0.3 is 0 Å². The first-order valence-electron chi connectivity index (χ1n) is 18.0. The number of unbranched alkanes of at least 4 members (excludes halogenated alkanes) is 2. The highest BCUT2D eigenvalue weighted by Gasteiger charge is 2.13. The van der Waals surface area contributed by atoms with Gasteiger partial charge < -0.3 is 56.8 Å². The summed E-state index contributed by atoms with van der Waals surface area (Å²) in [5.74, 6) is 0. The molecule has 1 aromatic carbocycles. The van der Waals surface area contributed by atoms with Gasteiger partial charge in [-0.1, -0.05) is 38.0 Å². The second-order valence-corrected chi connectivity index (χ2v) is 12.3. The summed E-state index contributed by atoms with van der Waals surface area (Å²) in [7, 11) is -3.76. The lowest BCUT2D eigenvalue weighted by molar-refractivity contribution is -0.0285. The minimum Gasteiger partial charge on any atom is -0.379 e.